The largest absolute Gasteiger partial charge is 0.478 e. The van der Waals surface area contributed by atoms with Gasteiger partial charge in [0.15, 0.2) is 6.10 Å². The number of benzene rings is 1. The van der Waals surface area contributed by atoms with Crippen LogP contribution in [0.1, 0.15) is 15.9 Å². The van der Waals surface area contributed by atoms with Gasteiger partial charge in [-0.15, -0.1) is 0 Å². The van der Waals surface area contributed by atoms with Crippen LogP contribution in [0.3, 0.4) is 0 Å². The molecular formula is C13H15NO5. The van der Waals surface area contributed by atoms with Crippen LogP contribution in [-0.4, -0.2) is 42.9 Å². The van der Waals surface area contributed by atoms with Crippen molar-refractivity contribution in [1.29, 1.82) is 0 Å². The molecule has 6 heteroatoms. The van der Waals surface area contributed by atoms with E-state index in [1.54, 1.807) is 19.1 Å². The fourth-order valence-electron chi connectivity index (χ4n) is 1.84. The molecule has 19 heavy (non-hydrogen) atoms. The maximum absolute atomic E-state index is 11.9. The van der Waals surface area contributed by atoms with Crippen LogP contribution in [0.15, 0.2) is 18.2 Å². The van der Waals surface area contributed by atoms with E-state index >= 15 is 0 Å². The predicted octanol–water partition coefficient (Wildman–Crippen LogP) is 1.05. The Bertz CT molecular complexity index is 494. The Kier molecular flexibility index (Phi) is 4.13. The Hall–Kier alpha value is -1.92. The van der Waals surface area contributed by atoms with Crippen LogP contribution in [0.2, 0.25) is 0 Å². The smallest absolute Gasteiger partial charge is 0.335 e. The van der Waals surface area contributed by atoms with Gasteiger partial charge in [0.1, 0.15) is 0 Å². The average molecular weight is 265 g/mol. The van der Waals surface area contributed by atoms with E-state index in [0.717, 1.165) is 0 Å². The summed E-state index contributed by atoms with van der Waals surface area (Å²) in [6, 6.07) is 4.63. The Balaban J connectivity index is 2.04. The van der Waals surface area contributed by atoms with Crippen molar-refractivity contribution in [1.82, 2.24) is 0 Å². The second kappa shape index (κ2) is 5.81. The van der Waals surface area contributed by atoms with Gasteiger partial charge < -0.3 is 19.9 Å². The summed E-state index contributed by atoms with van der Waals surface area (Å²) in [6.07, 6.45) is -0.617. The van der Waals surface area contributed by atoms with E-state index in [9.17, 15) is 9.59 Å². The lowest BCUT2D eigenvalue weighted by molar-refractivity contribution is -0.142. The highest BCUT2D eigenvalue weighted by Crippen LogP contribution is 2.16. The number of hydrogen-bond acceptors (Lipinski definition) is 4. The van der Waals surface area contributed by atoms with Gasteiger partial charge in [-0.25, -0.2) is 4.79 Å². The van der Waals surface area contributed by atoms with Gasteiger partial charge in [-0.1, -0.05) is 0 Å². The van der Waals surface area contributed by atoms with Gasteiger partial charge in [0.2, 0.25) is 0 Å². The number of carboxylic acid groups (broad SMARTS) is 1. The van der Waals surface area contributed by atoms with Crippen molar-refractivity contribution < 1.29 is 24.2 Å². The summed E-state index contributed by atoms with van der Waals surface area (Å²) in [5.74, 6) is -1.28. The van der Waals surface area contributed by atoms with E-state index in [1.807, 2.05) is 0 Å². The molecule has 6 nitrogen and oxygen atoms in total. The number of amides is 1. The molecule has 0 saturated carbocycles. The molecule has 0 bridgehead atoms. The van der Waals surface area contributed by atoms with E-state index in [2.05, 4.69) is 5.32 Å². The molecule has 1 aliphatic rings. The van der Waals surface area contributed by atoms with Crippen LogP contribution in [0.4, 0.5) is 5.69 Å². The first-order chi connectivity index (χ1) is 9.08. The molecule has 1 amide bonds. The molecule has 2 rings (SSSR count). The van der Waals surface area contributed by atoms with Crippen LogP contribution in [0, 0.1) is 6.92 Å². The van der Waals surface area contributed by atoms with E-state index in [4.69, 9.17) is 14.6 Å². The first kappa shape index (κ1) is 13.5. The molecule has 1 atom stereocenters. The zero-order valence-corrected chi connectivity index (χ0v) is 10.5. The number of carbonyl (C=O) groups excluding carboxylic acids is 1. The molecule has 0 spiro atoms. The number of carboxylic acids is 1. The minimum atomic E-state index is -0.987. The third-order valence-corrected chi connectivity index (χ3v) is 2.83. The zero-order valence-electron chi connectivity index (χ0n) is 10.5. The normalized spacial score (nSPS) is 18.9. The lowest BCUT2D eigenvalue weighted by atomic mass is 10.1. The molecule has 1 heterocycles. The third-order valence-electron chi connectivity index (χ3n) is 2.83. The van der Waals surface area contributed by atoms with Crippen molar-refractivity contribution in [2.24, 2.45) is 0 Å². The molecule has 0 radical (unpaired) electrons. The van der Waals surface area contributed by atoms with Crippen LogP contribution in [-0.2, 0) is 14.3 Å². The van der Waals surface area contributed by atoms with Crippen molar-refractivity contribution in [3.8, 4) is 0 Å². The number of ether oxygens (including phenoxy) is 2. The van der Waals surface area contributed by atoms with Crippen LogP contribution < -0.4 is 5.32 Å². The van der Waals surface area contributed by atoms with E-state index in [-0.39, 0.29) is 18.1 Å². The standard InChI is InChI=1S/C13H15NO5/c1-8-6-9(2-3-10(8)13(16)17)14-12(15)11-7-18-4-5-19-11/h2-3,6,11H,4-5,7H2,1H3,(H,14,15)(H,16,17). The quantitative estimate of drug-likeness (QED) is 0.853. The van der Waals surface area contributed by atoms with Gasteiger partial charge in [-0.3, -0.25) is 4.79 Å². The number of hydrogen-bond donors (Lipinski definition) is 2. The minimum absolute atomic E-state index is 0.218. The van der Waals surface area contributed by atoms with Crippen molar-refractivity contribution in [3.63, 3.8) is 0 Å². The fourth-order valence-corrected chi connectivity index (χ4v) is 1.84. The molecule has 1 aromatic carbocycles. The lowest BCUT2D eigenvalue weighted by Gasteiger charge is -2.22. The average Bonchev–Trinajstić information content (AvgIpc) is 2.39. The predicted molar refractivity (Wildman–Crippen MR) is 67.3 cm³/mol. The van der Waals surface area contributed by atoms with Crippen molar-refractivity contribution in [2.45, 2.75) is 13.0 Å². The van der Waals surface area contributed by atoms with Gasteiger partial charge in [-0.05, 0) is 30.7 Å². The Morgan fingerprint density at radius 3 is 2.74 bits per heavy atom. The van der Waals surface area contributed by atoms with Crippen LogP contribution in [0.25, 0.3) is 0 Å². The summed E-state index contributed by atoms with van der Waals surface area (Å²) < 4.78 is 10.4. The van der Waals surface area contributed by atoms with Crippen molar-refractivity contribution in [3.05, 3.63) is 29.3 Å². The molecule has 0 aromatic heterocycles. The molecular weight excluding hydrogens is 250 g/mol. The van der Waals surface area contributed by atoms with Crippen molar-refractivity contribution in [2.75, 3.05) is 25.1 Å². The summed E-state index contributed by atoms with van der Waals surface area (Å²) in [5, 5.41) is 11.6. The van der Waals surface area contributed by atoms with Gasteiger partial charge in [0.05, 0.1) is 25.4 Å². The monoisotopic (exact) mass is 265 g/mol. The second-order valence-corrected chi connectivity index (χ2v) is 4.26. The number of carbonyl (C=O) groups is 2. The SMILES string of the molecule is Cc1cc(NC(=O)C2COCCO2)ccc1C(=O)O. The third kappa shape index (κ3) is 3.30. The maximum atomic E-state index is 11.9. The molecule has 1 aliphatic heterocycles. The Morgan fingerprint density at radius 1 is 1.37 bits per heavy atom. The highest BCUT2D eigenvalue weighted by molar-refractivity contribution is 5.95. The fraction of sp³-hybridized carbons (Fsp3) is 0.385. The molecule has 1 unspecified atom stereocenters. The summed E-state index contributed by atoms with van der Waals surface area (Å²) in [7, 11) is 0. The Labute approximate surface area is 110 Å². The minimum Gasteiger partial charge on any atom is -0.478 e. The molecule has 1 aromatic rings. The van der Waals surface area contributed by atoms with Gasteiger partial charge in [0, 0.05) is 5.69 Å². The summed E-state index contributed by atoms with van der Waals surface area (Å²) >= 11 is 0. The first-order valence-corrected chi connectivity index (χ1v) is 5.92. The second-order valence-electron chi connectivity index (χ2n) is 4.26. The number of aryl methyl sites for hydroxylation is 1. The molecule has 1 fully saturated rings. The maximum Gasteiger partial charge on any atom is 0.335 e. The number of rotatable bonds is 3. The van der Waals surface area contributed by atoms with Gasteiger partial charge in [0.25, 0.3) is 5.91 Å². The van der Waals surface area contributed by atoms with Crippen molar-refractivity contribution >= 4 is 17.6 Å². The molecule has 2 N–H and O–H groups in total. The van der Waals surface area contributed by atoms with E-state index < -0.39 is 12.1 Å². The number of anilines is 1. The summed E-state index contributed by atoms with van der Waals surface area (Å²) in [6.45, 7) is 2.81. The van der Waals surface area contributed by atoms with Crippen LogP contribution >= 0.6 is 0 Å². The van der Waals surface area contributed by atoms with Gasteiger partial charge in [-0.2, -0.15) is 0 Å². The zero-order chi connectivity index (χ0) is 13.8. The molecule has 102 valence electrons. The number of nitrogens with one attached hydrogen (secondary N) is 1. The molecule has 1 saturated heterocycles. The number of aromatic carboxylic acids is 1. The van der Waals surface area contributed by atoms with Crippen LogP contribution in [0.5, 0.6) is 0 Å². The van der Waals surface area contributed by atoms with E-state index in [0.29, 0.717) is 24.5 Å². The first-order valence-electron chi connectivity index (χ1n) is 5.92. The molecule has 0 aliphatic carbocycles. The highest BCUT2D eigenvalue weighted by Gasteiger charge is 2.22. The summed E-state index contributed by atoms with van der Waals surface area (Å²) in [5.41, 5.74) is 1.35. The Morgan fingerprint density at radius 2 is 2.16 bits per heavy atom. The van der Waals surface area contributed by atoms with Gasteiger partial charge >= 0.3 is 5.97 Å². The lowest BCUT2D eigenvalue weighted by Crippen LogP contribution is -2.39. The van der Waals surface area contributed by atoms with E-state index in [1.165, 1.54) is 6.07 Å². The summed E-state index contributed by atoms with van der Waals surface area (Å²) in [4.78, 5) is 22.7. The topological polar surface area (TPSA) is 84.9 Å². The highest BCUT2D eigenvalue weighted by atomic mass is 16.6.